The van der Waals surface area contributed by atoms with Gasteiger partial charge < -0.3 is 14.8 Å². The van der Waals surface area contributed by atoms with E-state index in [2.05, 4.69) is 20.8 Å². The number of ether oxygens (including phenoxy) is 2. The summed E-state index contributed by atoms with van der Waals surface area (Å²) in [7, 11) is -1.95. The highest BCUT2D eigenvalue weighted by molar-refractivity contribution is 7.90. The fourth-order valence-corrected chi connectivity index (χ4v) is 3.37. The second kappa shape index (κ2) is 9.75. The zero-order valence-electron chi connectivity index (χ0n) is 16.7. The number of fused-ring (bicyclic) bond motifs is 1. The fraction of sp³-hybridized carbons (Fsp3) is 0.450. The summed E-state index contributed by atoms with van der Waals surface area (Å²) in [4.78, 5) is 11.0. The molecule has 0 saturated heterocycles. The van der Waals surface area contributed by atoms with Crippen LogP contribution in [0.3, 0.4) is 0 Å². The van der Waals surface area contributed by atoms with Crippen molar-refractivity contribution in [3.05, 3.63) is 42.0 Å². The van der Waals surface area contributed by atoms with E-state index in [4.69, 9.17) is 4.74 Å². The Bertz CT molecular complexity index is 912. The largest absolute Gasteiger partial charge is 0.492 e. The van der Waals surface area contributed by atoms with Gasteiger partial charge in [0.2, 0.25) is 10.0 Å². The Morgan fingerprint density at radius 3 is 2.43 bits per heavy atom. The van der Waals surface area contributed by atoms with E-state index >= 15 is 0 Å². The second-order valence-electron chi connectivity index (χ2n) is 6.88. The second-order valence-corrected chi connectivity index (χ2v) is 9.20. The lowest BCUT2D eigenvalue weighted by Gasteiger charge is -2.16. The lowest BCUT2D eigenvalue weighted by atomic mass is 9.98. The summed E-state index contributed by atoms with van der Waals surface area (Å²) in [5.74, 6) is 0.767. The number of amides is 1. The molecule has 0 radical (unpaired) electrons. The number of nitrogens with one attached hydrogen (secondary N) is 2. The summed E-state index contributed by atoms with van der Waals surface area (Å²) < 4.78 is 36.6. The normalized spacial score (nSPS) is 12.8. The molecule has 8 heteroatoms. The third-order valence-electron chi connectivity index (χ3n) is 4.44. The van der Waals surface area contributed by atoms with Gasteiger partial charge in [-0.25, -0.2) is 17.9 Å². The van der Waals surface area contributed by atoms with Crippen molar-refractivity contribution >= 4 is 26.9 Å². The number of carbonyl (C=O) groups is 1. The zero-order valence-corrected chi connectivity index (χ0v) is 17.5. The fourth-order valence-electron chi connectivity index (χ4n) is 2.56. The molecule has 0 saturated carbocycles. The molecule has 0 aliphatic heterocycles. The van der Waals surface area contributed by atoms with Gasteiger partial charge in [0.25, 0.3) is 0 Å². The molecule has 28 heavy (non-hydrogen) atoms. The number of carbonyl (C=O) groups excluding carboxylic acids is 1. The molecule has 1 atom stereocenters. The maximum Gasteiger partial charge on any atom is 0.406 e. The summed E-state index contributed by atoms with van der Waals surface area (Å²) in [6.45, 7) is 6.37. The molecule has 2 aromatic rings. The van der Waals surface area contributed by atoms with Gasteiger partial charge in [0.15, 0.2) is 0 Å². The Hall–Kier alpha value is -2.32. The van der Waals surface area contributed by atoms with Crippen molar-refractivity contribution in [3.63, 3.8) is 0 Å². The van der Waals surface area contributed by atoms with Gasteiger partial charge >= 0.3 is 6.09 Å². The Balaban J connectivity index is 1.99. The summed E-state index contributed by atoms with van der Waals surface area (Å²) in [5.41, 5.74) is 1.06. The van der Waals surface area contributed by atoms with Crippen molar-refractivity contribution in [1.29, 1.82) is 0 Å². The Morgan fingerprint density at radius 1 is 1.07 bits per heavy atom. The average Bonchev–Trinajstić information content (AvgIpc) is 2.68. The minimum absolute atomic E-state index is 0.0539. The van der Waals surface area contributed by atoms with Crippen molar-refractivity contribution in [2.75, 3.05) is 26.8 Å². The molecular formula is C20H28N2O5S. The maximum absolute atomic E-state index is 11.9. The molecule has 2 N–H and O–H groups in total. The van der Waals surface area contributed by atoms with Gasteiger partial charge in [-0.2, -0.15) is 0 Å². The van der Waals surface area contributed by atoms with Crippen molar-refractivity contribution in [2.24, 2.45) is 0 Å². The molecule has 0 aromatic heterocycles. The summed E-state index contributed by atoms with van der Waals surface area (Å²) in [5, 5.41) is 4.18. The molecule has 0 fully saturated rings. The number of benzene rings is 2. The van der Waals surface area contributed by atoms with E-state index in [1.54, 1.807) is 13.8 Å². The van der Waals surface area contributed by atoms with Gasteiger partial charge in [0.1, 0.15) is 12.4 Å². The van der Waals surface area contributed by atoms with Crippen molar-refractivity contribution < 1.29 is 22.7 Å². The molecule has 1 unspecified atom stereocenters. The summed E-state index contributed by atoms with van der Waals surface area (Å²) in [6.07, 6.45) is -0.487. The highest BCUT2D eigenvalue weighted by Gasteiger charge is 2.17. The SMILES string of the molecule is COC(=O)NCCOc1ccc2cc(C(C)CNS(=O)(=O)C(C)C)ccc2c1. The smallest absolute Gasteiger partial charge is 0.406 e. The molecule has 2 aromatic carbocycles. The predicted molar refractivity (Wildman–Crippen MR) is 110 cm³/mol. The lowest BCUT2D eigenvalue weighted by molar-refractivity contribution is 0.168. The predicted octanol–water partition coefficient (Wildman–Crippen LogP) is 3.01. The van der Waals surface area contributed by atoms with Crippen LogP contribution in [0.2, 0.25) is 0 Å². The number of methoxy groups -OCH3 is 1. The third-order valence-corrected chi connectivity index (χ3v) is 6.25. The lowest BCUT2D eigenvalue weighted by Crippen LogP contribution is -2.33. The zero-order chi connectivity index (χ0) is 20.7. The van der Waals surface area contributed by atoms with Gasteiger partial charge in [0, 0.05) is 6.54 Å². The Labute approximate surface area is 166 Å². The van der Waals surface area contributed by atoms with E-state index in [0.717, 1.165) is 16.3 Å². The van der Waals surface area contributed by atoms with Crippen LogP contribution >= 0.6 is 0 Å². The van der Waals surface area contributed by atoms with Crippen LogP contribution in [0, 0.1) is 0 Å². The standard InChI is InChI=1S/C20H28N2O5S/c1-14(2)28(24,25)22-13-15(3)16-5-6-18-12-19(8-7-17(18)11-16)27-10-9-21-20(23)26-4/h5-8,11-12,14-15,22H,9-10,13H2,1-4H3,(H,21,23). The van der Waals surface area contributed by atoms with Crippen LogP contribution in [0.1, 0.15) is 32.3 Å². The van der Waals surface area contributed by atoms with Gasteiger partial charge in [0.05, 0.1) is 18.9 Å². The quantitative estimate of drug-likeness (QED) is 0.622. The first kappa shape index (κ1) is 22.0. The van der Waals surface area contributed by atoms with Crippen LogP contribution in [0.4, 0.5) is 4.79 Å². The topological polar surface area (TPSA) is 93.7 Å². The van der Waals surface area contributed by atoms with Crippen LogP contribution in [0.25, 0.3) is 10.8 Å². The first-order chi connectivity index (χ1) is 13.2. The summed E-state index contributed by atoms with van der Waals surface area (Å²) in [6, 6.07) is 11.8. The van der Waals surface area contributed by atoms with E-state index in [1.165, 1.54) is 7.11 Å². The molecule has 1 amide bonds. The molecule has 7 nitrogen and oxygen atoms in total. The van der Waals surface area contributed by atoms with E-state index in [0.29, 0.717) is 25.4 Å². The number of alkyl carbamates (subject to hydrolysis) is 1. The first-order valence-electron chi connectivity index (χ1n) is 9.19. The molecule has 0 aliphatic carbocycles. The molecule has 154 valence electrons. The Morgan fingerprint density at radius 2 is 1.75 bits per heavy atom. The maximum atomic E-state index is 11.9. The Kier molecular flexibility index (Phi) is 7.65. The average molecular weight is 409 g/mol. The molecule has 0 bridgehead atoms. The van der Waals surface area contributed by atoms with E-state index < -0.39 is 21.4 Å². The van der Waals surface area contributed by atoms with Gasteiger partial charge in [-0.15, -0.1) is 0 Å². The van der Waals surface area contributed by atoms with Gasteiger partial charge in [-0.3, -0.25) is 0 Å². The molecule has 0 aliphatic rings. The highest BCUT2D eigenvalue weighted by Crippen LogP contribution is 2.25. The molecule has 0 heterocycles. The van der Waals surface area contributed by atoms with Crippen LogP contribution < -0.4 is 14.8 Å². The van der Waals surface area contributed by atoms with Gasteiger partial charge in [-0.05, 0) is 48.2 Å². The van der Waals surface area contributed by atoms with Crippen molar-refractivity contribution in [2.45, 2.75) is 31.9 Å². The number of hydrogen-bond acceptors (Lipinski definition) is 5. The summed E-state index contributed by atoms with van der Waals surface area (Å²) >= 11 is 0. The van der Waals surface area contributed by atoms with E-state index in [-0.39, 0.29) is 5.92 Å². The van der Waals surface area contributed by atoms with Crippen LogP contribution in [-0.2, 0) is 14.8 Å². The highest BCUT2D eigenvalue weighted by atomic mass is 32.2. The van der Waals surface area contributed by atoms with Crippen LogP contribution in [0.5, 0.6) is 5.75 Å². The molecule has 0 spiro atoms. The van der Waals surface area contributed by atoms with Crippen molar-refractivity contribution in [1.82, 2.24) is 10.0 Å². The third kappa shape index (κ3) is 6.10. The first-order valence-corrected chi connectivity index (χ1v) is 10.7. The number of sulfonamides is 1. The van der Waals surface area contributed by atoms with Crippen LogP contribution in [-0.4, -0.2) is 46.6 Å². The molecule has 2 rings (SSSR count). The van der Waals surface area contributed by atoms with Crippen molar-refractivity contribution in [3.8, 4) is 5.75 Å². The monoisotopic (exact) mass is 408 g/mol. The molecular weight excluding hydrogens is 380 g/mol. The van der Waals surface area contributed by atoms with Gasteiger partial charge in [-0.1, -0.05) is 31.2 Å². The van der Waals surface area contributed by atoms with E-state index in [1.807, 2.05) is 37.3 Å². The number of rotatable bonds is 9. The minimum Gasteiger partial charge on any atom is -0.492 e. The number of hydrogen-bond donors (Lipinski definition) is 2. The minimum atomic E-state index is -3.27. The van der Waals surface area contributed by atoms with Crippen LogP contribution in [0.15, 0.2) is 36.4 Å². The van der Waals surface area contributed by atoms with E-state index in [9.17, 15) is 13.2 Å².